The normalized spacial score (nSPS) is 18.0. The summed E-state index contributed by atoms with van der Waals surface area (Å²) in [7, 11) is 0. The van der Waals surface area contributed by atoms with Gasteiger partial charge in [-0.05, 0) is 88.1 Å². The Morgan fingerprint density at radius 1 is 0.444 bits per heavy atom. The molecular weight excluding hydrogens is 657 g/mol. The van der Waals surface area contributed by atoms with E-state index in [2.05, 4.69) is 154 Å². The van der Waals surface area contributed by atoms with Gasteiger partial charge in [0.25, 0.3) is 0 Å². The van der Waals surface area contributed by atoms with Crippen molar-refractivity contribution in [1.82, 2.24) is 19.9 Å². The lowest BCUT2D eigenvalue weighted by Crippen LogP contribution is -2.18. The molecule has 0 amide bonds. The fraction of sp³-hybridized carbons (Fsp3) is 0.240. The number of aromatic nitrogens is 4. The van der Waals surface area contributed by atoms with Crippen LogP contribution in [-0.4, -0.2) is 19.9 Å². The van der Waals surface area contributed by atoms with Crippen LogP contribution in [0.25, 0.3) is 33.2 Å². The minimum atomic E-state index is -0.199. The molecule has 0 bridgehead atoms. The van der Waals surface area contributed by atoms with Gasteiger partial charge in [0.15, 0.2) is 0 Å². The van der Waals surface area contributed by atoms with E-state index in [9.17, 15) is 0 Å². The van der Waals surface area contributed by atoms with Gasteiger partial charge < -0.3 is 0 Å². The summed E-state index contributed by atoms with van der Waals surface area (Å²) < 4.78 is 0. The molecule has 4 heteroatoms. The second-order valence-corrected chi connectivity index (χ2v) is 15.6. The smallest absolute Gasteiger partial charge is 0.0894 e. The van der Waals surface area contributed by atoms with Gasteiger partial charge in [-0.1, -0.05) is 159 Å². The Kier molecular flexibility index (Phi) is 11.0. The van der Waals surface area contributed by atoms with Crippen LogP contribution in [-0.2, 0) is 10.8 Å². The van der Waals surface area contributed by atoms with Crippen molar-refractivity contribution >= 4 is 33.2 Å². The molecule has 0 saturated heterocycles. The largest absolute Gasteiger partial charge is 0.248 e. The maximum atomic E-state index is 5.01. The monoisotopic (exact) mass is 708 g/mol. The molecule has 54 heavy (non-hydrogen) atoms. The summed E-state index contributed by atoms with van der Waals surface area (Å²) in [6.07, 6.45) is 30.1. The molecule has 0 atom stereocenters. The lowest BCUT2D eigenvalue weighted by molar-refractivity contribution is 0.630. The predicted octanol–water partition coefficient (Wildman–Crippen LogP) is 13.0. The van der Waals surface area contributed by atoms with E-state index in [0.29, 0.717) is 0 Å². The first-order chi connectivity index (χ1) is 25.8. The topological polar surface area (TPSA) is 51.6 Å². The van der Waals surface area contributed by atoms with Crippen molar-refractivity contribution in [2.45, 2.75) is 80.1 Å². The number of hydrogen-bond acceptors (Lipinski definition) is 4. The zero-order chi connectivity index (χ0) is 38.6. The van der Waals surface area contributed by atoms with E-state index in [1.54, 1.807) is 0 Å². The quantitative estimate of drug-likeness (QED) is 0.154. The van der Waals surface area contributed by atoms with Gasteiger partial charge in [-0.15, -0.1) is 0 Å². The summed E-state index contributed by atoms with van der Waals surface area (Å²) in [6.45, 7) is 21.8. The molecule has 2 aliphatic rings. The highest BCUT2D eigenvalue weighted by Gasteiger charge is 2.39. The Morgan fingerprint density at radius 3 is 1.13 bits per heavy atom. The number of allylic oxidation sites excluding steroid dienone is 22. The van der Waals surface area contributed by atoms with Crippen LogP contribution in [0.2, 0.25) is 0 Å². The molecule has 0 aliphatic heterocycles. The predicted molar refractivity (Wildman–Crippen MR) is 231 cm³/mol. The first kappa shape index (κ1) is 38.0. The Morgan fingerprint density at radius 2 is 0.759 bits per heavy atom. The minimum Gasteiger partial charge on any atom is -0.248 e. The van der Waals surface area contributed by atoms with E-state index in [4.69, 9.17) is 19.9 Å². The number of rotatable bonds is 10. The molecule has 4 nitrogen and oxygen atoms in total. The van der Waals surface area contributed by atoms with Crippen molar-refractivity contribution in [3.05, 3.63) is 190 Å². The van der Waals surface area contributed by atoms with Crippen molar-refractivity contribution in [2.24, 2.45) is 0 Å². The van der Waals surface area contributed by atoms with Gasteiger partial charge in [-0.3, -0.25) is 0 Å². The average molecular weight is 709 g/mol. The molecule has 0 spiro atoms. The molecule has 2 aromatic carbocycles. The first-order valence-corrected chi connectivity index (χ1v) is 18.8. The van der Waals surface area contributed by atoms with Crippen LogP contribution in [0, 0.1) is 0 Å². The van der Waals surface area contributed by atoms with E-state index in [1.165, 1.54) is 44.6 Å². The van der Waals surface area contributed by atoms with Crippen molar-refractivity contribution in [3.8, 4) is 0 Å². The van der Waals surface area contributed by atoms with Gasteiger partial charge in [0, 0.05) is 10.8 Å². The van der Waals surface area contributed by atoms with Crippen LogP contribution in [0.3, 0.4) is 0 Å². The number of nitrogens with zero attached hydrogens (tertiary/aromatic N) is 4. The fourth-order valence-electron chi connectivity index (χ4n) is 7.28. The summed E-state index contributed by atoms with van der Waals surface area (Å²) in [4.78, 5) is 19.9. The molecule has 0 N–H and O–H groups in total. The molecule has 4 aromatic rings. The summed E-state index contributed by atoms with van der Waals surface area (Å²) in [5.74, 6) is 0. The molecule has 0 fully saturated rings. The molecule has 2 aliphatic carbocycles. The molecule has 0 unspecified atom stereocenters. The molecule has 6 rings (SSSR count). The third kappa shape index (κ3) is 7.94. The summed E-state index contributed by atoms with van der Waals surface area (Å²) >= 11 is 0. The number of benzene rings is 2. The Hall–Kier alpha value is -5.74. The zero-order valence-corrected chi connectivity index (χ0v) is 33.5. The van der Waals surface area contributed by atoms with Crippen molar-refractivity contribution in [3.63, 3.8) is 0 Å². The first-order valence-electron chi connectivity index (χ1n) is 18.8. The summed E-state index contributed by atoms with van der Waals surface area (Å²) in [5, 5.41) is 0. The zero-order valence-electron chi connectivity index (χ0n) is 33.5. The van der Waals surface area contributed by atoms with Gasteiger partial charge >= 0.3 is 0 Å². The lowest BCUT2D eigenvalue weighted by Gasteiger charge is -2.21. The van der Waals surface area contributed by atoms with Crippen LogP contribution in [0.15, 0.2) is 167 Å². The molecule has 0 radical (unpaired) electrons. The van der Waals surface area contributed by atoms with Crippen LogP contribution in [0.4, 0.5) is 0 Å². The van der Waals surface area contributed by atoms with Crippen molar-refractivity contribution in [2.75, 3.05) is 0 Å². The third-order valence-electron chi connectivity index (χ3n) is 10.5. The van der Waals surface area contributed by atoms with E-state index in [0.717, 1.165) is 44.8 Å². The maximum Gasteiger partial charge on any atom is 0.0894 e. The summed E-state index contributed by atoms with van der Waals surface area (Å²) in [5.41, 5.74) is 17.2. The van der Waals surface area contributed by atoms with Crippen LogP contribution < -0.4 is 0 Å². The average Bonchev–Trinajstić information content (AvgIpc) is 3.45. The highest BCUT2D eigenvalue weighted by atomic mass is 14.9. The van der Waals surface area contributed by atoms with Gasteiger partial charge in [0.05, 0.1) is 44.8 Å². The Balaban J connectivity index is 1.02. The summed E-state index contributed by atoms with van der Waals surface area (Å²) in [6, 6.07) is 16.2. The molecule has 272 valence electrons. The van der Waals surface area contributed by atoms with Gasteiger partial charge in [0.1, 0.15) is 0 Å². The third-order valence-corrected chi connectivity index (χ3v) is 10.5. The van der Waals surface area contributed by atoms with Crippen LogP contribution >= 0.6 is 0 Å². The Labute approximate surface area is 322 Å². The number of fused-ring (bicyclic) bond motifs is 4. The Bertz CT molecular complexity index is 2300. The van der Waals surface area contributed by atoms with Crippen LogP contribution in [0.5, 0.6) is 0 Å². The van der Waals surface area contributed by atoms with E-state index in [-0.39, 0.29) is 10.8 Å². The second-order valence-electron chi connectivity index (χ2n) is 15.6. The number of hydrogen-bond donors (Lipinski definition) is 0. The van der Waals surface area contributed by atoms with E-state index >= 15 is 0 Å². The molecule has 0 saturated carbocycles. The van der Waals surface area contributed by atoms with Gasteiger partial charge in [0.2, 0.25) is 0 Å². The molecule has 2 aromatic heterocycles. The lowest BCUT2D eigenvalue weighted by atomic mass is 9.84. The molecule has 2 heterocycles. The van der Waals surface area contributed by atoms with E-state index < -0.39 is 0 Å². The second kappa shape index (κ2) is 15.7. The maximum absolute atomic E-state index is 5.01. The van der Waals surface area contributed by atoms with Gasteiger partial charge in [-0.25, -0.2) is 19.9 Å². The standard InChI is InChI=1S/C50H52N4/c1-33(21-17-23-35(3)29-31-39-37(5)45-47(49(39,7)8)53-43-27-15-13-25-41(43)51-45)19-11-12-20-34(2)22-18-24-36(4)30-32-40-38(6)46-48(50(40,9)10)54-44-28-16-14-26-42(44)52-46/h11-32H,1-10H3/b12-11+,21-17+,22-18+,31-29+,32-30+,33-19+,34-20+,35-23+,36-24+. The van der Waals surface area contributed by atoms with Crippen molar-refractivity contribution in [1.29, 1.82) is 0 Å². The minimum absolute atomic E-state index is 0.199. The highest BCUT2D eigenvalue weighted by molar-refractivity contribution is 5.85. The highest BCUT2D eigenvalue weighted by Crippen LogP contribution is 2.46. The van der Waals surface area contributed by atoms with Gasteiger partial charge in [-0.2, -0.15) is 0 Å². The van der Waals surface area contributed by atoms with Crippen molar-refractivity contribution < 1.29 is 0 Å². The van der Waals surface area contributed by atoms with Crippen LogP contribution in [0.1, 0.15) is 92.0 Å². The van der Waals surface area contributed by atoms with E-state index in [1.807, 2.05) is 48.5 Å². The molecular formula is C50H52N4. The fourth-order valence-corrected chi connectivity index (χ4v) is 7.28. The SMILES string of the molecule is CC1=C(/C=C/C(C)=C/C=C/C(C)=C/C=C/C=C(C)/C=C/C=C(C)/C=C/C2=C(C)c3nc4ccccc4nc3C2(C)C)C(C)(C)c2nc3ccccc3nc21. The number of para-hydroxylation sites is 4.